The maximum Gasteiger partial charge on any atom is 0.215 e. The highest BCUT2D eigenvalue weighted by molar-refractivity contribution is 6.51. The molecule has 0 radical (unpaired) electrons. The van der Waals surface area contributed by atoms with E-state index < -0.39 is 0 Å². The van der Waals surface area contributed by atoms with E-state index in [0.717, 1.165) is 29.8 Å². The van der Waals surface area contributed by atoms with Crippen molar-refractivity contribution >= 4 is 28.2 Å². The molecule has 0 saturated carbocycles. The van der Waals surface area contributed by atoms with E-state index in [1.165, 1.54) is 0 Å². The van der Waals surface area contributed by atoms with Crippen molar-refractivity contribution in [2.75, 3.05) is 0 Å². The third kappa shape index (κ3) is 1.93. The van der Waals surface area contributed by atoms with Gasteiger partial charge in [-0.15, -0.1) is 0 Å². The number of rotatable bonds is 4. The third-order valence-electron chi connectivity index (χ3n) is 3.53. The van der Waals surface area contributed by atoms with Gasteiger partial charge in [-0.1, -0.05) is 19.1 Å². The maximum atomic E-state index is 8.88. The fraction of sp³-hybridized carbons (Fsp3) is 0.200. The van der Waals surface area contributed by atoms with Crippen LogP contribution in [0.2, 0.25) is 0 Å². The average molecular weight is 293 g/mol. The Hall–Kier alpha value is -3.14. The minimum Gasteiger partial charge on any atom is -0.323 e. The van der Waals surface area contributed by atoms with Crippen LogP contribution in [0, 0.1) is 16.7 Å². The number of nitrogens with zero attached hydrogens (tertiary/aromatic N) is 5. The number of hydrogen-bond donors (Lipinski definition) is 2. The largest absolute Gasteiger partial charge is 0.323 e. The van der Waals surface area contributed by atoms with Crippen molar-refractivity contribution in [2.45, 2.75) is 19.9 Å². The first-order valence-electron chi connectivity index (χ1n) is 6.94. The van der Waals surface area contributed by atoms with Crippen LogP contribution in [-0.4, -0.2) is 25.4 Å². The molecular formula is C15H15N7. The summed E-state index contributed by atoms with van der Waals surface area (Å²) in [6.45, 7) is 2.94. The number of nitriles is 1. The highest BCUT2D eigenvalue weighted by atomic mass is 15.2. The maximum absolute atomic E-state index is 8.88. The number of imidazole rings is 2. The molecule has 0 aliphatic heterocycles. The number of aryl methyl sites for hydroxylation is 1. The van der Waals surface area contributed by atoms with Gasteiger partial charge in [0.05, 0.1) is 11.0 Å². The lowest BCUT2D eigenvalue weighted by molar-refractivity contribution is 0.712. The van der Waals surface area contributed by atoms with Gasteiger partial charge >= 0.3 is 0 Å². The Morgan fingerprint density at radius 3 is 2.77 bits per heavy atom. The predicted octanol–water partition coefficient (Wildman–Crippen LogP) is 1.91. The van der Waals surface area contributed by atoms with Crippen molar-refractivity contribution in [3.8, 4) is 6.07 Å². The molecule has 0 saturated heterocycles. The minimum atomic E-state index is -0.297. The van der Waals surface area contributed by atoms with E-state index in [1.807, 2.05) is 22.6 Å². The summed E-state index contributed by atoms with van der Waals surface area (Å²) in [7, 11) is 0. The Morgan fingerprint density at radius 2 is 2.14 bits per heavy atom. The molecule has 0 unspecified atom stereocenters. The molecule has 22 heavy (non-hydrogen) atoms. The van der Waals surface area contributed by atoms with E-state index in [9.17, 15) is 0 Å². The van der Waals surface area contributed by atoms with E-state index in [4.69, 9.17) is 16.5 Å². The summed E-state index contributed by atoms with van der Waals surface area (Å²) < 4.78 is 4.05. The van der Waals surface area contributed by atoms with Crippen molar-refractivity contribution in [1.29, 1.82) is 10.7 Å². The summed E-state index contributed by atoms with van der Waals surface area (Å²) in [5.74, 6) is 6.08. The summed E-state index contributed by atoms with van der Waals surface area (Å²) in [5.41, 5.74) is 2.34. The lowest BCUT2D eigenvalue weighted by atomic mass is 10.2. The normalized spacial score (nSPS) is 11.9. The van der Waals surface area contributed by atoms with Crippen LogP contribution < -0.4 is 5.84 Å². The highest BCUT2D eigenvalue weighted by Crippen LogP contribution is 2.21. The Bertz CT molecular complexity index is 936. The Morgan fingerprint density at radius 1 is 1.41 bits per heavy atom. The Labute approximate surface area is 126 Å². The number of hydrazone groups is 1. The van der Waals surface area contributed by atoms with Crippen LogP contribution in [0.3, 0.4) is 0 Å². The van der Waals surface area contributed by atoms with Gasteiger partial charge in [-0.2, -0.15) is 10.4 Å². The molecule has 2 heterocycles. The third-order valence-corrected chi connectivity index (χ3v) is 3.53. The molecule has 0 atom stereocenters. The molecule has 7 heteroatoms. The van der Waals surface area contributed by atoms with Gasteiger partial charge in [-0.05, 0) is 18.6 Å². The van der Waals surface area contributed by atoms with Crippen molar-refractivity contribution in [2.24, 2.45) is 10.9 Å². The van der Waals surface area contributed by atoms with E-state index >= 15 is 0 Å². The number of nitrogens with one attached hydrogen (secondary N) is 1. The lowest BCUT2D eigenvalue weighted by Crippen LogP contribution is -2.15. The molecule has 7 nitrogen and oxygen atoms in total. The lowest BCUT2D eigenvalue weighted by Gasteiger charge is -2.02. The van der Waals surface area contributed by atoms with Crippen molar-refractivity contribution in [1.82, 2.24) is 14.0 Å². The monoisotopic (exact) mass is 293 g/mol. The topological polar surface area (TPSA) is 108 Å². The number of nitrogens with two attached hydrogens (primary N) is 1. The van der Waals surface area contributed by atoms with Gasteiger partial charge in [0.2, 0.25) is 5.78 Å². The molecule has 110 valence electrons. The second-order valence-electron chi connectivity index (χ2n) is 4.90. The van der Waals surface area contributed by atoms with E-state index in [2.05, 4.69) is 27.6 Å². The van der Waals surface area contributed by atoms with Crippen LogP contribution >= 0.6 is 0 Å². The van der Waals surface area contributed by atoms with Gasteiger partial charge in [0.1, 0.15) is 17.5 Å². The number of para-hydroxylation sites is 2. The molecule has 0 spiro atoms. The van der Waals surface area contributed by atoms with E-state index in [0.29, 0.717) is 5.69 Å². The summed E-state index contributed by atoms with van der Waals surface area (Å²) >= 11 is 0. The van der Waals surface area contributed by atoms with Crippen LogP contribution in [-0.2, 0) is 6.54 Å². The Kier molecular flexibility index (Phi) is 3.35. The molecule has 0 amide bonds. The SMILES string of the molecule is CCCn1c2ccccc2n2cc(C(=NN)C(=N)C#N)nc12. The molecule has 2 aromatic heterocycles. The van der Waals surface area contributed by atoms with Gasteiger partial charge in [-0.3, -0.25) is 9.81 Å². The first-order chi connectivity index (χ1) is 10.7. The molecular weight excluding hydrogens is 278 g/mol. The number of benzene rings is 1. The van der Waals surface area contributed by atoms with E-state index in [-0.39, 0.29) is 11.4 Å². The van der Waals surface area contributed by atoms with Crippen LogP contribution in [0.5, 0.6) is 0 Å². The summed E-state index contributed by atoms with van der Waals surface area (Å²) in [6.07, 6.45) is 2.74. The molecule has 3 N–H and O–H groups in total. The van der Waals surface area contributed by atoms with Crippen molar-refractivity contribution < 1.29 is 0 Å². The van der Waals surface area contributed by atoms with Gasteiger partial charge in [0.25, 0.3) is 0 Å². The standard InChI is InChI=1S/C15H15N7/c1-2-7-21-12-5-3-4-6-13(12)22-9-11(19-15(21)22)14(20-18)10(17)8-16/h3-6,9,17H,2,7,18H2,1H3. The fourth-order valence-electron chi connectivity index (χ4n) is 2.61. The zero-order valence-corrected chi connectivity index (χ0v) is 12.1. The van der Waals surface area contributed by atoms with Crippen LogP contribution in [0.4, 0.5) is 0 Å². The number of fused-ring (bicyclic) bond motifs is 3. The van der Waals surface area contributed by atoms with Crippen molar-refractivity contribution in [3.05, 3.63) is 36.2 Å². The molecule has 0 aliphatic carbocycles. The molecule has 0 bridgehead atoms. The number of hydrogen-bond acceptors (Lipinski definition) is 5. The summed E-state index contributed by atoms with van der Waals surface area (Å²) in [4.78, 5) is 4.53. The van der Waals surface area contributed by atoms with Gasteiger partial charge in [-0.25, -0.2) is 4.98 Å². The second kappa shape index (κ2) is 5.33. The zero-order valence-electron chi connectivity index (χ0n) is 12.1. The first kappa shape index (κ1) is 13.8. The van der Waals surface area contributed by atoms with Crippen molar-refractivity contribution in [3.63, 3.8) is 0 Å². The summed E-state index contributed by atoms with van der Waals surface area (Å²) in [6, 6.07) is 9.76. The fourth-order valence-corrected chi connectivity index (χ4v) is 2.61. The van der Waals surface area contributed by atoms with Crippen LogP contribution in [0.15, 0.2) is 35.6 Å². The molecule has 3 rings (SSSR count). The highest BCUT2D eigenvalue weighted by Gasteiger charge is 2.18. The number of aromatic nitrogens is 3. The molecule has 0 aliphatic rings. The minimum absolute atomic E-state index is 0.0957. The predicted molar refractivity (Wildman–Crippen MR) is 85.0 cm³/mol. The summed E-state index contributed by atoms with van der Waals surface area (Å²) in [5, 5.41) is 20.1. The van der Waals surface area contributed by atoms with Gasteiger partial charge in [0, 0.05) is 12.7 Å². The molecule has 1 aromatic carbocycles. The van der Waals surface area contributed by atoms with Crippen LogP contribution in [0.25, 0.3) is 16.8 Å². The zero-order chi connectivity index (χ0) is 15.7. The van der Waals surface area contributed by atoms with Crippen LogP contribution in [0.1, 0.15) is 19.0 Å². The van der Waals surface area contributed by atoms with Gasteiger partial charge in [0.15, 0.2) is 5.71 Å². The quantitative estimate of drug-likeness (QED) is 0.435. The van der Waals surface area contributed by atoms with Gasteiger partial charge < -0.3 is 10.4 Å². The molecule has 0 fully saturated rings. The first-order valence-corrected chi connectivity index (χ1v) is 6.94. The Balaban J connectivity index is 2.29. The second-order valence-corrected chi connectivity index (χ2v) is 4.90. The average Bonchev–Trinajstić information content (AvgIpc) is 3.08. The smallest absolute Gasteiger partial charge is 0.215 e. The molecule has 3 aromatic rings. The van der Waals surface area contributed by atoms with E-state index in [1.54, 1.807) is 12.3 Å².